The van der Waals surface area contributed by atoms with Gasteiger partial charge in [0.25, 0.3) is 0 Å². The fraction of sp³-hybridized carbons (Fsp3) is 0.750. The number of thiazole rings is 1. The van der Waals surface area contributed by atoms with E-state index < -0.39 is 0 Å². The standard InChI is InChI=1S/C16H27N3OS/c1-4-14-10-17-16(21-14)12(3)18-11(2)15(20)19-13-8-6-5-7-9-13/h10-13,18H,4-9H2,1-3H3,(H,19,20). The van der Waals surface area contributed by atoms with Gasteiger partial charge in [-0.15, -0.1) is 11.3 Å². The van der Waals surface area contributed by atoms with Crippen molar-refractivity contribution in [2.75, 3.05) is 0 Å². The molecular weight excluding hydrogens is 282 g/mol. The monoisotopic (exact) mass is 309 g/mol. The van der Waals surface area contributed by atoms with Crippen molar-refractivity contribution < 1.29 is 4.79 Å². The lowest BCUT2D eigenvalue weighted by atomic mass is 9.95. The maximum Gasteiger partial charge on any atom is 0.237 e. The Hall–Kier alpha value is -0.940. The van der Waals surface area contributed by atoms with Crippen LogP contribution >= 0.6 is 11.3 Å². The summed E-state index contributed by atoms with van der Waals surface area (Å²) >= 11 is 1.73. The zero-order chi connectivity index (χ0) is 15.2. The predicted molar refractivity (Wildman–Crippen MR) is 87.5 cm³/mol. The second-order valence-electron chi connectivity index (χ2n) is 5.97. The number of nitrogens with zero attached hydrogens (tertiary/aromatic N) is 1. The van der Waals surface area contributed by atoms with Gasteiger partial charge in [0.2, 0.25) is 5.91 Å². The first-order chi connectivity index (χ1) is 10.1. The van der Waals surface area contributed by atoms with Gasteiger partial charge in [0.15, 0.2) is 0 Å². The van der Waals surface area contributed by atoms with Crippen molar-refractivity contribution >= 4 is 17.2 Å². The molecule has 0 aromatic carbocycles. The summed E-state index contributed by atoms with van der Waals surface area (Å²) in [5.74, 6) is 0.112. The average Bonchev–Trinajstić information content (AvgIpc) is 2.97. The first kappa shape index (κ1) is 16.4. The fourth-order valence-electron chi connectivity index (χ4n) is 2.78. The minimum atomic E-state index is -0.184. The maximum atomic E-state index is 12.2. The van der Waals surface area contributed by atoms with E-state index in [2.05, 4.69) is 29.5 Å². The van der Waals surface area contributed by atoms with Gasteiger partial charge in [0.05, 0.1) is 12.1 Å². The molecule has 2 rings (SSSR count). The zero-order valence-electron chi connectivity index (χ0n) is 13.3. The molecule has 2 atom stereocenters. The molecule has 1 aliphatic rings. The highest BCUT2D eigenvalue weighted by Crippen LogP contribution is 2.21. The van der Waals surface area contributed by atoms with Crippen LogP contribution < -0.4 is 10.6 Å². The fourth-order valence-corrected chi connectivity index (χ4v) is 3.65. The van der Waals surface area contributed by atoms with E-state index in [-0.39, 0.29) is 18.0 Å². The Morgan fingerprint density at radius 3 is 2.71 bits per heavy atom. The quantitative estimate of drug-likeness (QED) is 0.848. The highest BCUT2D eigenvalue weighted by molar-refractivity contribution is 7.11. The number of hydrogen-bond donors (Lipinski definition) is 2. The average molecular weight is 309 g/mol. The molecule has 1 amide bonds. The van der Waals surface area contributed by atoms with E-state index in [4.69, 9.17) is 0 Å². The first-order valence-corrected chi connectivity index (χ1v) is 8.92. The molecule has 1 aromatic rings. The molecule has 21 heavy (non-hydrogen) atoms. The molecule has 1 fully saturated rings. The SMILES string of the molecule is CCc1cnc(C(C)NC(C)C(=O)NC2CCCCC2)s1. The molecule has 0 aliphatic heterocycles. The number of rotatable bonds is 6. The highest BCUT2D eigenvalue weighted by atomic mass is 32.1. The number of aromatic nitrogens is 1. The van der Waals surface area contributed by atoms with Crippen LogP contribution in [0.4, 0.5) is 0 Å². The van der Waals surface area contributed by atoms with Crippen molar-refractivity contribution in [2.45, 2.75) is 77.4 Å². The van der Waals surface area contributed by atoms with Crippen molar-refractivity contribution in [2.24, 2.45) is 0 Å². The van der Waals surface area contributed by atoms with Crippen LogP contribution in [0.15, 0.2) is 6.20 Å². The molecular formula is C16H27N3OS. The van der Waals surface area contributed by atoms with Crippen LogP contribution in [-0.2, 0) is 11.2 Å². The smallest absolute Gasteiger partial charge is 0.237 e. The molecule has 118 valence electrons. The lowest BCUT2D eigenvalue weighted by molar-refractivity contribution is -0.123. The van der Waals surface area contributed by atoms with Gasteiger partial charge in [-0.1, -0.05) is 26.2 Å². The van der Waals surface area contributed by atoms with Gasteiger partial charge in [-0.3, -0.25) is 10.1 Å². The summed E-state index contributed by atoms with van der Waals surface area (Å²) in [7, 11) is 0. The Balaban J connectivity index is 1.81. The van der Waals surface area contributed by atoms with Crippen molar-refractivity contribution in [1.29, 1.82) is 0 Å². The molecule has 1 aliphatic carbocycles. The molecule has 0 bridgehead atoms. The number of nitrogens with one attached hydrogen (secondary N) is 2. The van der Waals surface area contributed by atoms with Gasteiger partial charge < -0.3 is 5.32 Å². The first-order valence-electron chi connectivity index (χ1n) is 8.11. The summed E-state index contributed by atoms with van der Waals surface area (Å²) in [6.07, 6.45) is 8.99. The number of aryl methyl sites for hydroxylation is 1. The summed E-state index contributed by atoms with van der Waals surface area (Å²) in [4.78, 5) is 18.0. The summed E-state index contributed by atoms with van der Waals surface area (Å²) in [5, 5.41) is 7.59. The van der Waals surface area contributed by atoms with Crippen molar-refractivity contribution in [3.63, 3.8) is 0 Å². The summed E-state index contributed by atoms with van der Waals surface area (Å²) in [6.45, 7) is 6.14. The minimum Gasteiger partial charge on any atom is -0.352 e. The van der Waals surface area contributed by atoms with E-state index in [1.54, 1.807) is 11.3 Å². The van der Waals surface area contributed by atoms with Crippen molar-refractivity contribution in [3.05, 3.63) is 16.1 Å². The van der Waals surface area contributed by atoms with E-state index in [0.29, 0.717) is 6.04 Å². The van der Waals surface area contributed by atoms with Crippen LogP contribution in [0.2, 0.25) is 0 Å². The van der Waals surface area contributed by atoms with E-state index in [0.717, 1.165) is 24.3 Å². The Morgan fingerprint density at radius 2 is 2.10 bits per heavy atom. The molecule has 1 heterocycles. The second kappa shape index (κ2) is 7.90. The van der Waals surface area contributed by atoms with Crippen LogP contribution in [0, 0.1) is 0 Å². The molecule has 5 heteroatoms. The van der Waals surface area contributed by atoms with E-state index >= 15 is 0 Å². The summed E-state index contributed by atoms with van der Waals surface area (Å²) < 4.78 is 0. The van der Waals surface area contributed by atoms with Gasteiger partial charge in [0.1, 0.15) is 5.01 Å². The van der Waals surface area contributed by atoms with Crippen LogP contribution in [0.1, 0.15) is 68.8 Å². The van der Waals surface area contributed by atoms with Crippen LogP contribution in [0.25, 0.3) is 0 Å². The van der Waals surface area contributed by atoms with Crippen molar-refractivity contribution in [3.8, 4) is 0 Å². The van der Waals surface area contributed by atoms with Crippen molar-refractivity contribution in [1.82, 2.24) is 15.6 Å². The Kier molecular flexibility index (Phi) is 6.18. The number of amides is 1. The number of carbonyl (C=O) groups is 1. The Labute approximate surface area is 131 Å². The molecule has 1 aromatic heterocycles. The number of carbonyl (C=O) groups excluding carboxylic acids is 1. The Morgan fingerprint density at radius 1 is 1.38 bits per heavy atom. The third-order valence-corrected chi connectivity index (χ3v) is 5.46. The molecule has 0 radical (unpaired) electrons. The lowest BCUT2D eigenvalue weighted by Gasteiger charge is -2.25. The van der Waals surface area contributed by atoms with E-state index in [9.17, 15) is 4.79 Å². The van der Waals surface area contributed by atoms with Crippen LogP contribution in [0.3, 0.4) is 0 Å². The van der Waals surface area contributed by atoms with Crippen LogP contribution in [0.5, 0.6) is 0 Å². The Bertz CT molecular complexity index is 454. The third-order valence-electron chi connectivity index (χ3n) is 4.14. The molecule has 2 N–H and O–H groups in total. The van der Waals surface area contributed by atoms with E-state index in [1.807, 2.05) is 13.1 Å². The molecule has 0 saturated heterocycles. The van der Waals surface area contributed by atoms with Crippen LogP contribution in [-0.4, -0.2) is 23.0 Å². The second-order valence-corrected chi connectivity index (χ2v) is 7.12. The zero-order valence-corrected chi connectivity index (χ0v) is 14.1. The highest BCUT2D eigenvalue weighted by Gasteiger charge is 2.21. The number of hydrogen-bond acceptors (Lipinski definition) is 4. The van der Waals surface area contributed by atoms with Gasteiger partial charge in [-0.05, 0) is 33.1 Å². The summed E-state index contributed by atoms with van der Waals surface area (Å²) in [5.41, 5.74) is 0. The molecule has 2 unspecified atom stereocenters. The van der Waals surface area contributed by atoms with Gasteiger partial charge in [0, 0.05) is 17.1 Å². The van der Waals surface area contributed by atoms with Gasteiger partial charge in [-0.2, -0.15) is 0 Å². The van der Waals surface area contributed by atoms with Gasteiger partial charge >= 0.3 is 0 Å². The molecule has 4 nitrogen and oxygen atoms in total. The topological polar surface area (TPSA) is 54.0 Å². The maximum absolute atomic E-state index is 12.2. The minimum absolute atomic E-state index is 0.112. The molecule has 0 spiro atoms. The largest absolute Gasteiger partial charge is 0.352 e. The summed E-state index contributed by atoms with van der Waals surface area (Å²) in [6, 6.07) is 0.302. The molecule has 1 saturated carbocycles. The van der Waals surface area contributed by atoms with E-state index in [1.165, 1.54) is 24.1 Å². The van der Waals surface area contributed by atoms with Gasteiger partial charge in [-0.25, -0.2) is 4.98 Å². The third kappa shape index (κ3) is 4.78. The predicted octanol–water partition coefficient (Wildman–Crippen LogP) is 3.19. The normalized spacial score (nSPS) is 19.2. The lowest BCUT2D eigenvalue weighted by Crippen LogP contribution is -2.47.